The van der Waals surface area contributed by atoms with Crippen molar-refractivity contribution in [1.29, 1.82) is 0 Å². The van der Waals surface area contributed by atoms with E-state index in [9.17, 15) is 4.79 Å². The molecule has 3 rings (SSSR count). The Kier molecular flexibility index (Phi) is 3.06. The van der Waals surface area contributed by atoms with Crippen molar-refractivity contribution in [3.63, 3.8) is 0 Å². The van der Waals surface area contributed by atoms with Crippen LogP contribution in [0, 0.1) is 0 Å². The number of benzene rings is 1. The Morgan fingerprint density at radius 1 is 1.28 bits per heavy atom. The molecular weight excluding hydrogens is 289 g/mol. The molecule has 1 atom stereocenters. The second-order valence-electron chi connectivity index (χ2n) is 4.15. The van der Waals surface area contributed by atoms with Crippen LogP contribution in [0.4, 0.5) is 5.69 Å². The van der Waals surface area contributed by atoms with Gasteiger partial charge < -0.3 is 5.32 Å². The van der Waals surface area contributed by atoms with E-state index in [4.69, 9.17) is 23.2 Å². The molecule has 0 saturated carbocycles. The first-order valence-electron chi connectivity index (χ1n) is 5.45. The van der Waals surface area contributed by atoms with Crippen LogP contribution in [-0.4, -0.2) is 5.91 Å². The molecule has 1 aromatic carbocycles. The van der Waals surface area contributed by atoms with Crippen LogP contribution in [0.1, 0.15) is 21.4 Å². The zero-order valence-corrected chi connectivity index (χ0v) is 11.6. The van der Waals surface area contributed by atoms with Gasteiger partial charge in [-0.05, 0) is 29.3 Å². The molecule has 0 radical (unpaired) electrons. The number of fused-ring (bicyclic) bond motifs is 1. The minimum Gasteiger partial charge on any atom is -0.326 e. The summed E-state index contributed by atoms with van der Waals surface area (Å²) in [4.78, 5) is 12.3. The summed E-state index contributed by atoms with van der Waals surface area (Å²) in [6.45, 7) is 0. The smallest absolute Gasteiger partial charge is 0.228 e. The first kappa shape index (κ1) is 12.0. The third-order valence-electron chi connectivity index (χ3n) is 2.89. The molecule has 1 unspecified atom stereocenters. The van der Waals surface area contributed by atoms with Crippen molar-refractivity contribution in [3.8, 4) is 0 Å². The van der Waals surface area contributed by atoms with Gasteiger partial charge in [0.05, 0.1) is 16.1 Å². The van der Waals surface area contributed by atoms with Crippen LogP contribution in [0.2, 0.25) is 4.34 Å². The quantitative estimate of drug-likeness (QED) is 0.826. The molecule has 18 heavy (non-hydrogen) atoms. The third kappa shape index (κ3) is 2.14. The number of carbonyl (C=O) groups excluding carboxylic acids is 1. The van der Waals surface area contributed by atoms with E-state index < -0.39 is 0 Å². The Morgan fingerprint density at radius 2 is 2.11 bits per heavy atom. The lowest BCUT2D eigenvalue weighted by Gasteiger charge is -2.09. The highest BCUT2D eigenvalue weighted by Gasteiger charge is 2.20. The number of rotatable bonds is 2. The SMILES string of the molecule is O=C1Cc2cc(C(Cl)c3ccc(Cl)s3)ccc2N1. The highest BCUT2D eigenvalue weighted by molar-refractivity contribution is 7.16. The first-order valence-corrected chi connectivity index (χ1v) is 7.08. The summed E-state index contributed by atoms with van der Waals surface area (Å²) >= 11 is 13.8. The van der Waals surface area contributed by atoms with E-state index in [2.05, 4.69) is 5.32 Å². The molecule has 0 saturated heterocycles. The molecule has 92 valence electrons. The number of nitrogens with one attached hydrogen (secondary N) is 1. The summed E-state index contributed by atoms with van der Waals surface area (Å²) in [7, 11) is 0. The van der Waals surface area contributed by atoms with Crippen molar-refractivity contribution in [2.24, 2.45) is 0 Å². The summed E-state index contributed by atoms with van der Waals surface area (Å²) in [6, 6.07) is 9.60. The van der Waals surface area contributed by atoms with Crippen LogP contribution >= 0.6 is 34.5 Å². The largest absolute Gasteiger partial charge is 0.326 e. The van der Waals surface area contributed by atoms with Crippen molar-refractivity contribution >= 4 is 46.1 Å². The summed E-state index contributed by atoms with van der Waals surface area (Å²) in [5, 5.41) is 2.59. The van der Waals surface area contributed by atoms with Crippen LogP contribution in [0.15, 0.2) is 30.3 Å². The minimum absolute atomic E-state index is 0.0347. The number of anilines is 1. The van der Waals surface area contributed by atoms with Crippen molar-refractivity contribution < 1.29 is 4.79 Å². The van der Waals surface area contributed by atoms with E-state index >= 15 is 0 Å². The van der Waals surface area contributed by atoms with E-state index in [1.54, 1.807) is 0 Å². The van der Waals surface area contributed by atoms with Gasteiger partial charge in [-0.15, -0.1) is 22.9 Å². The highest BCUT2D eigenvalue weighted by Crippen LogP contribution is 2.37. The second-order valence-corrected chi connectivity index (χ2v) is 6.33. The fourth-order valence-electron chi connectivity index (χ4n) is 2.04. The first-order chi connectivity index (χ1) is 8.63. The van der Waals surface area contributed by atoms with Crippen molar-refractivity contribution in [3.05, 3.63) is 50.7 Å². The molecule has 1 aliphatic heterocycles. The van der Waals surface area contributed by atoms with Crippen molar-refractivity contribution in [1.82, 2.24) is 0 Å². The van der Waals surface area contributed by atoms with Gasteiger partial charge in [0.1, 0.15) is 0 Å². The standard InChI is InChI=1S/C13H9Cl2NOS/c14-11-4-3-10(18-11)13(15)7-1-2-9-8(5-7)6-12(17)16-9/h1-5,13H,6H2,(H,16,17). The zero-order chi connectivity index (χ0) is 12.7. The number of thiophene rings is 1. The van der Waals surface area contributed by atoms with Gasteiger partial charge in [-0.2, -0.15) is 0 Å². The van der Waals surface area contributed by atoms with E-state index in [1.165, 1.54) is 11.3 Å². The maximum absolute atomic E-state index is 11.3. The Balaban J connectivity index is 1.94. The molecule has 0 spiro atoms. The average molecular weight is 298 g/mol. The van der Waals surface area contributed by atoms with Crippen LogP contribution in [0.5, 0.6) is 0 Å². The molecule has 2 aromatic rings. The van der Waals surface area contributed by atoms with E-state index in [0.717, 1.165) is 26.0 Å². The Bertz CT molecular complexity index is 623. The number of hydrogen-bond donors (Lipinski definition) is 1. The minimum atomic E-state index is -0.219. The van der Waals surface area contributed by atoms with Gasteiger partial charge in [0.15, 0.2) is 0 Å². The Morgan fingerprint density at radius 3 is 2.83 bits per heavy atom. The van der Waals surface area contributed by atoms with Gasteiger partial charge in [0.2, 0.25) is 5.91 Å². The number of halogens is 2. The molecule has 2 heterocycles. The molecule has 1 aliphatic rings. The summed E-state index contributed by atoms with van der Waals surface area (Å²) in [5.74, 6) is 0.0347. The van der Waals surface area contributed by atoms with E-state index in [0.29, 0.717) is 6.42 Å². The maximum atomic E-state index is 11.3. The monoisotopic (exact) mass is 297 g/mol. The van der Waals surface area contributed by atoms with Crippen LogP contribution in [0.3, 0.4) is 0 Å². The van der Waals surface area contributed by atoms with Crippen LogP contribution < -0.4 is 5.32 Å². The van der Waals surface area contributed by atoms with Gasteiger partial charge in [-0.3, -0.25) is 4.79 Å². The average Bonchev–Trinajstić information content (AvgIpc) is 2.92. The summed E-state index contributed by atoms with van der Waals surface area (Å²) < 4.78 is 0.730. The Hall–Kier alpha value is -1.03. The molecule has 1 aromatic heterocycles. The number of amides is 1. The fourth-order valence-corrected chi connectivity index (χ4v) is 3.44. The fraction of sp³-hybridized carbons (Fsp3) is 0.154. The van der Waals surface area contributed by atoms with Crippen molar-refractivity contribution in [2.75, 3.05) is 5.32 Å². The molecule has 5 heteroatoms. The molecule has 1 amide bonds. The van der Waals surface area contributed by atoms with Gasteiger partial charge in [0.25, 0.3) is 0 Å². The van der Waals surface area contributed by atoms with E-state index in [1.807, 2.05) is 30.3 Å². The highest BCUT2D eigenvalue weighted by atomic mass is 35.5. The number of hydrogen-bond acceptors (Lipinski definition) is 2. The summed E-state index contributed by atoms with van der Waals surface area (Å²) in [6.07, 6.45) is 0.429. The summed E-state index contributed by atoms with van der Waals surface area (Å²) in [5.41, 5.74) is 2.88. The lowest BCUT2D eigenvalue weighted by molar-refractivity contribution is -0.115. The lowest BCUT2D eigenvalue weighted by Crippen LogP contribution is -2.03. The maximum Gasteiger partial charge on any atom is 0.228 e. The second kappa shape index (κ2) is 4.57. The zero-order valence-electron chi connectivity index (χ0n) is 9.24. The van der Waals surface area contributed by atoms with Crippen LogP contribution in [0.25, 0.3) is 0 Å². The number of carbonyl (C=O) groups is 1. The van der Waals surface area contributed by atoms with Crippen LogP contribution in [-0.2, 0) is 11.2 Å². The number of alkyl halides is 1. The van der Waals surface area contributed by atoms with Crippen molar-refractivity contribution in [2.45, 2.75) is 11.8 Å². The predicted octanol–water partition coefficient (Wildman–Crippen LogP) is 4.22. The molecule has 1 N–H and O–H groups in total. The van der Waals surface area contributed by atoms with E-state index in [-0.39, 0.29) is 11.3 Å². The van der Waals surface area contributed by atoms with Gasteiger partial charge in [0, 0.05) is 10.6 Å². The topological polar surface area (TPSA) is 29.1 Å². The van der Waals surface area contributed by atoms with Gasteiger partial charge >= 0.3 is 0 Å². The molecule has 0 bridgehead atoms. The van der Waals surface area contributed by atoms with Gasteiger partial charge in [-0.25, -0.2) is 0 Å². The normalized spacial score (nSPS) is 15.3. The molecule has 0 fully saturated rings. The molecule has 0 aliphatic carbocycles. The lowest BCUT2D eigenvalue weighted by atomic mass is 10.1. The van der Waals surface area contributed by atoms with Gasteiger partial charge in [-0.1, -0.05) is 23.7 Å². The predicted molar refractivity (Wildman–Crippen MR) is 75.8 cm³/mol. The third-order valence-corrected chi connectivity index (χ3v) is 4.80. The molecular formula is C13H9Cl2NOS. The molecule has 2 nitrogen and oxygen atoms in total. The Labute approximate surface area is 119 Å².